The average molecular weight is 707 g/mol. The van der Waals surface area contributed by atoms with Crippen molar-refractivity contribution in [3.63, 3.8) is 0 Å². The number of carbonyl (C=O) groups excluding carboxylic acids is 4. The first kappa shape index (κ1) is 37.8. The highest BCUT2D eigenvalue weighted by Gasteiger charge is 2.45. The van der Waals surface area contributed by atoms with Crippen molar-refractivity contribution in [3.8, 4) is 0 Å². The molecule has 1 aromatic heterocycles. The van der Waals surface area contributed by atoms with Crippen LogP contribution in [-0.4, -0.2) is 85.0 Å². The second-order valence-corrected chi connectivity index (χ2v) is 14.6. The van der Waals surface area contributed by atoms with Crippen LogP contribution in [0.5, 0.6) is 0 Å². The normalized spacial score (nSPS) is 21.2. The topological polar surface area (TPSA) is 139 Å². The fourth-order valence-corrected chi connectivity index (χ4v) is 7.29. The molecule has 0 bridgehead atoms. The number of rotatable bonds is 13. The van der Waals surface area contributed by atoms with Crippen molar-refractivity contribution in [2.75, 3.05) is 38.9 Å². The molecule has 51 heavy (non-hydrogen) atoms. The lowest BCUT2D eigenvalue weighted by Gasteiger charge is -2.36. The van der Waals surface area contributed by atoms with Crippen LogP contribution in [0.2, 0.25) is 0 Å². The van der Waals surface area contributed by atoms with Crippen LogP contribution in [0.15, 0.2) is 54.6 Å². The number of anilines is 1. The zero-order valence-corrected chi connectivity index (χ0v) is 30.0. The molecule has 1 saturated carbocycles. The molecule has 3 aromatic rings. The van der Waals surface area contributed by atoms with Crippen molar-refractivity contribution in [3.05, 3.63) is 65.9 Å². The summed E-state index contributed by atoms with van der Waals surface area (Å²) in [4.78, 5) is 58.0. The van der Waals surface area contributed by atoms with Gasteiger partial charge in [0.25, 0.3) is 0 Å². The van der Waals surface area contributed by atoms with Crippen molar-refractivity contribution in [1.82, 2.24) is 15.2 Å². The summed E-state index contributed by atoms with van der Waals surface area (Å²) in [5.41, 5.74) is 1.90. The number of unbranched alkanes of at least 4 members (excludes halogenated alkanes) is 1. The van der Waals surface area contributed by atoms with Crippen molar-refractivity contribution < 1.29 is 37.8 Å². The van der Waals surface area contributed by atoms with Gasteiger partial charge in [0.05, 0.1) is 12.6 Å². The summed E-state index contributed by atoms with van der Waals surface area (Å²) in [6.45, 7) is 5.90. The molecule has 1 aliphatic carbocycles. The number of halogens is 1. The van der Waals surface area contributed by atoms with Crippen LogP contribution in [0.4, 0.5) is 14.9 Å². The first-order valence-electron chi connectivity index (χ1n) is 18.0. The average Bonchev–Trinajstić information content (AvgIpc) is 3.75. The van der Waals surface area contributed by atoms with E-state index in [1.54, 1.807) is 57.0 Å². The Morgan fingerprint density at radius 2 is 1.69 bits per heavy atom. The molecular formula is C39H51FN4O7. The standard InChI is InChI=1S/C39H51FN4O7/c1-39(2,3)51-38(48)43-33(24-40)26-12-14-27(15-13-26)36(46)44-19-18-30(25-10-6-5-7-11-25)34(44)35(45)41-29-16-17-31-28(22-29)23-32(42-31)37(47)50-21-9-8-20-49-4/h5-7,10-11,16-17,22-23,26-27,30,33-34,42H,8-9,12-15,18-21,24H2,1-4H3,(H,41,45)(H,43,48)/t26-,27-,30-,33-,34+/m1/s1. The predicted molar refractivity (Wildman–Crippen MR) is 192 cm³/mol. The molecule has 3 amide bonds. The second kappa shape index (κ2) is 17.2. The van der Waals surface area contributed by atoms with Crippen LogP contribution in [-0.2, 0) is 23.8 Å². The second-order valence-electron chi connectivity index (χ2n) is 14.6. The Morgan fingerprint density at radius 1 is 0.961 bits per heavy atom. The summed E-state index contributed by atoms with van der Waals surface area (Å²) in [5, 5.41) is 6.47. The molecule has 5 rings (SSSR count). The van der Waals surface area contributed by atoms with Crippen molar-refractivity contribution in [2.24, 2.45) is 11.8 Å². The number of aromatic nitrogens is 1. The molecular weight excluding hydrogens is 655 g/mol. The maximum Gasteiger partial charge on any atom is 0.407 e. The highest BCUT2D eigenvalue weighted by atomic mass is 19.1. The van der Waals surface area contributed by atoms with Gasteiger partial charge in [-0.05, 0) is 101 Å². The number of nitrogens with zero attached hydrogens (tertiary/aromatic N) is 1. The zero-order chi connectivity index (χ0) is 36.5. The van der Waals surface area contributed by atoms with Crippen LogP contribution in [0.1, 0.15) is 87.7 Å². The van der Waals surface area contributed by atoms with Crippen molar-refractivity contribution >= 4 is 40.5 Å². The van der Waals surface area contributed by atoms with E-state index in [0.717, 1.165) is 22.9 Å². The van der Waals surface area contributed by atoms with Gasteiger partial charge < -0.3 is 34.7 Å². The molecule has 2 aliphatic rings. The van der Waals surface area contributed by atoms with E-state index in [1.165, 1.54) is 0 Å². The molecule has 12 heteroatoms. The smallest absolute Gasteiger partial charge is 0.407 e. The van der Waals surface area contributed by atoms with Gasteiger partial charge in [0, 0.05) is 48.7 Å². The molecule has 3 N–H and O–H groups in total. The van der Waals surface area contributed by atoms with Gasteiger partial charge in [-0.3, -0.25) is 9.59 Å². The molecule has 0 spiro atoms. The largest absolute Gasteiger partial charge is 0.461 e. The number of hydrogen-bond acceptors (Lipinski definition) is 7. The Kier molecular flexibility index (Phi) is 12.7. The van der Waals surface area contributed by atoms with Crippen molar-refractivity contribution in [2.45, 2.75) is 89.3 Å². The third-order valence-corrected chi connectivity index (χ3v) is 9.82. The number of nitrogens with one attached hydrogen (secondary N) is 3. The van der Waals surface area contributed by atoms with Gasteiger partial charge in [0.1, 0.15) is 24.0 Å². The van der Waals surface area contributed by atoms with Gasteiger partial charge >= 0.3 is 12.1 Å². The minimum Gasteiger partial charge on any atom is -0.461 e. The Bertz CT molecular complexity index is 1650. The van der Waals surface area contributed by atoms with Gasteiger partial charge in [-0.25, -0.2) is 14.0 Å². The van der Waals surface area contributed by atoms with Gasteiger partial charge in [0.2, 0.25) is 11.8 Å². The monoisotopic (exact) mass is 706 g/mol. The number of ether oxygens (including phenoxy) is 3. The van der Waals surface area contributed by atoms with Crippen molar-refractivity contribution in [1.29, 1.82) is 0 Å². The lowest BCUT2D eigenvalue weighted by Crippen LogP contribution is -2.49. The molecule has 11 nitrogen and oxygen atoms in total. The first-order chi connectivity index (χ1) is 24.5. The van der Waals surface area contributed by atoms with Crippen LogP contribution in [0.25, 0.3) is 10.9 Å². The summed E-state index contributed by atoms with van der Waals surface area (Å²) in [6.07, 6.45) is 3.73. The van der Waals surface area contributed by atoms with Gasteiger partial charge in [-0.15, -0.1) is 0 Å². The van der Waals surface area contributed by atoms with E-state index in [9.17, 15) is 23.6 Å². The minimum atomic E-state index is -0.726. The Labute approximate surface area is 299 Å². The fourth-order valence-electron chi connectivity index (χ4n) is 7.29. The van der Waals surface area contributed by atoms with E-state index in [0.29, 0.717) is 69.7 Å². The minimum absolute atomic E-state index is 0.0737. The van der Waals surface area contributed by atoms with Crippen LogP contribution < -0.4 is 10.6 Å². The third kappa shape index (κ3) is 9.87. The van der Waals surface area contributed by atoms with Gasteiger partial charge in [-0.2, -0.15) is 0 Å². The number of benzene rings is 2. The molecule has 276 valence electrons. The number of esters is 1. The van der Waals surface area contributed by atoms with Crippen LogP contribution >= 0.6 is 0 Å². The Hall–Kier alpha value is -4.45. The highest BCUT2D eigenvalue weighted by molar-refractivity contribution is 6.01. The van der Waals surface area contributed by atoms with E-state index < -0.39 is 36.4 Å². The number of carbonyl (C=O) groups is 4. The maximum absolute atomic E-state index is 14.1. The van der Waals surface area contributed by atoms with E-state index in [1.807, 2.05) is 30.3 Å². The van der Waals surface area contributed by atoms with Crippen LogP contribution in [0, 0.1) is 11.8 Å². The number of fused-ring (bicyclic) bond motifs is 1. The number of aromatic amines is 1. The number of alkyl carbamates (subject to hydrolysis) is 1. The summed E-state index contributed by atoms with van der Waals surface area (Å²) in [5.74, 6) is -1.42. The molecule has 1 saturated heterocycles. The number of amides is 3. The molecule has 2 aromatic carbocycles. The quantitative estimate of drug-likeness (QED) is 0.132. The van der Waals surface area contributed by atoms with Gasteiger partial charge in [0.15, 0.2) is 0 Å². The molecule has 0 unspecified atom stereocenters. The molecule has 2 fully saturated rings. The highest BCUT2D eigenvalue weighted by Crippen LogP contribution is 2.39. The van der Waals surface area contributed by atoms with E-state index >= 15 is 0 Å². The third-order valence-electron chi connectivity index (χ3n) is 9.82. The van der Waals surface area contributed by atoms with E-state index in [2.05, 4.69) is 15.6 Å². The number of likely N-dealkylation sites (tertiary alicyclic amines) is 1. The summed E-state index contributed by atoms with van der Waals surface area (Å²) in [6, 6.07) is 15.4. The number of alkyl halides is 1. The SMILES string of the molecule is COCCCCOC(=O)c1cc2cc(NC(=O)[C@@H]3[C@@H](c4ccccc4)CCN3C(=O)[C@H]3CC[C@H]([C@@H](CF)NC(=O)OC(C)(C)C)CC3)ccc2[nH]1. The van der Waals surface area contributed by atoms with E-state index in [4.69, 9.17) is 14.2 Å². The Morgan fingerprint density at radius 3 is 2.37 bits per heavy atom. The number of hydrogen-bond donors (Lipinski definition) is 3. The lowest BCUT2D eigenvalue weighted by atomic mass is 9.78. The molecule has 2 heterocycles. The van der Waals surface area contributed by atoms with Crippen LogP contribution in [0.3, 0.4) is 0 Å². The zero-order valence-electron chi connectivity index (χ0n) is 30.0. The molecule has 3 atom stereocenters. The number of methoxy groups -OCH3 is 1. The predicted octanol–water partition coefficient (Wildman–Crippen LogP) is 6.74. The lowest BCUT2D eigenvalue weighted by molar-refractivity contribution is -0.141. The molecule has 0 radical (unpaired) electrons. The van der Waals surface area contributed by atoms with E-state index in [-0.39, 0.29) is 29.6 Å². The first-order valence-corrected chi connectivity index (χ1v) is 18.0. The summed E-state index contributed by atoms with van der Waals surface area (Å²) < 4.78 is 29.8. The Balaban J connectivity index is 1.25. The molecule has 1 aliphatic heterocycles. The summed E-state index contributed by atoms with van der Waals surface area (Å²) >= 11 is 0. The fraction of sp³-hybridized carbons (Fsp3) is 0.538. The summed E-state index contributed by atoms with van der Waals surface area (Å²) in [7, 11) is 1.63. The number of H-pyrrole nitrogens is 1. The maximum atomic E-state index is 14.1. The van der Waals surface area contributed by atoms with Gasteiger partial charge in [-0.1, -0.05) is 30.3 Å².